The van der Waals surface area contributed by atoms with Crippen LogP contribution in [0, 0.1) is 0 Å². The number of pyridine rings is 1. The zero-order valence-electron chi connectivity index (χ0n) is 12.7. The fourth-order valence-corrected chi connectivity index (χ4v) is 2.47. The third-order valence-electron chi connectivity index (χ3n) is 3.69. The number of ketones is 1. The number of nitrogens with two attached hydrogens (primary N) is 1. The van der Waals surface area contributed by atoms with Crippen molar-refractivity contribution < 1.29 is 9.53 Å². The van der Waals surface area contributed by atoms with Crippen LogP contribution >= 0.6 is 0 Å². The number of nitrogens with zero attached hydrogens (tertiary/aromatic N) is 1. The molecule has 114 valence electrons. The number of aromatic nitrogens is 1. The summed E-state index contributed by atoms with van der Waals surface area (Å²) in [5, 5.41) is 0.893. The maximum absolute atomic E-state index is 12.7. The van der Waals surface area contributed by atoms with Gasteiger partial charge in [0.2, 0.25) is 5.78 Å². The fourth-order valence-electron chi connectivity index (χ4n) is 2.47. The Hall–Kier alpha value is -3.14. The van der Waals surface area contributed by atoms with E-state index in [0.717, 1.165) is 5.39 Å². The summed E-state index contributed by atoms with van der Waals surface area (Å²) in [6, 6.07) is 16.3. The van der Waals surface area contributed by atoms with Gasteiger partial charge in [0, 0.05) is 16.5 Å². The van der Waals surface area contributed by atoms with Crippen LogP contribution in [0.2, 0.25) is 0 Å². The molecular formula is C19H16N2O2. The van der Waals surface area contributed by atoms with Gasteiger partial charge in [-0.2, -0.15) is 0 Å². The minimum atomic E-state index is -0.250. The lowest BCUT2D eigenvalue weighted by molar-refractivity contribution is 0.105. The minimum Gasteiger partial charge on any atom is -0.496 e. The number of nitrogen functional groups attached to an aromatic ring is 1. The van der Waals surface area contributed by atoms with Crippen LogP contribution in [0.4, 0.5) is 5.69 Å². The Morgan fingerprint density at radius 2 is 1.87 bits per heavy atom. The predicted molar refractivity (Wildman–Crippen MR) is 92.5 cm³/mol. The van der Waals surface area contributed by atoms with Gasteiger partial charge >= 0.3 is 0 Å². The van der Waals surface area contributed by atoms with Gasteiger partial charge in [-0.3, -0.25) is 4.79 Å². The van der Waals surface area contributed by atoms with Crippen LogP contribution < -0.4 is 10.5 Å². The number of anilines is 1. The van der Waals surface area contributed by atoms with Crippen LogP contribution in [0.1, 0.15) is 16.1 Å². The van der Waals surface area contributed by atoms with E-state index < -0.39 is 0 Å². The number of rotatable bonds is 4. The van der Waals surface area contributed by atoms with Crippen molar-refractivity contribution >= 4 is 27.9 Å². The van der Waals surface area contributed by atoms with Crippen LogP contribution in [0.3, 0.4) is 0 Å². The van der Waals surface area contributed by atoms with Gasteiger partial charge in [-0.15, -0.1) is 0 Å². The van der Waals surface area contributed by atoms with E-state index >= 15 is 0 Å². The van der Waals surface area contributed by atoms with Crippen molar-refractivity contribution in [2.24, 2.45) is 0 Å². The quantitative estimate of drug-likeness (QED) is 0.453. The Kier molecular flexibility index (Phi) is 3.81. The van der Waals surface area contributed by atoms with Crippen LogP contribution in [-0.4, -0.2) is 17.9 Å². The number of ether oxygens (including phenoxy) is 1. The molecule has 0 saturated carbocycles. The molecule has 0 bridgehead atoms. The summed E-state index contributed by atoms with van der Waals surface area (Å²) in [6.45, 7) is 3.91. The van der Waals surface area contributed by atoms with Crippen LogP contribution in [0.15, 0.2) is 61.2 Å². The van der Waals surface area contributed by atoms with Crippen molar-refractivity contribution in [1.82, 2.24) is 4.98 Å². The average molecular weight is 304 g/mol. The molecule has 2 aromatic carbocycles. The molecule has 0 radical (unpaired) electrons. The van der Waals surface area contributed by atoms with Gasteiger partial charge in [0.05, 0.1) is 18.3 Å². The van der Waals surface area contributed by atoms with E-state index in [-0.39, 0.29) is 5.78 Å². The molecule has 0 atom stereocenters. The molecule has 0 amide bonds. The molecule has 1 aromatic heterocycles. The molecule has 3 rings (SSSR count). The van der Waals surface area contributed by atoms with Crippen LogP contribution in [-0.2, 0) is 0 Å². The lowest BCUT2D eigenvalue weighted by Gasteiger charge is -2.10. The van der Waals surface area contributed by atoms with Gasteiger partial charge in [0.1, 0.15) is 11.4 Å². The Morgan fingerprint density at radius 3 is 2.65 bits per heavy atom. The highest BCUT2D eigenvalue weighted by Gasteiger charge is 2.17. The maximum atomic E-state index is 12.7. The van der Waals surface area contributed by atoms with Crippen molar-refractivity contribution in [3.63, 3.8) is 0 Å². The molecule has 0 unspecified atom stereocenters. The van der Waals surface area contributed by atoms with Crippen LogP contribution in [0.5, 0.6) is 5.75 Å². The molecule has 3 aromatic rings. The first-order valence-electron chi connectivity index (χ1n) is 7.14. The first-order chi connectivity index (χ1) is 11.1. The summed E-state index contributed by atoms with van der Waals surface area (Å²) >= 11 is 0. The van der Waals surface area contributed by atoms with Gasteiger partial charge in [0.25, 0.3) is 0 Å². The van der Waals surface area contributed by atoms with E-state index in [1.807, 2.05) is 30.3 Å². The molecule has 1 heterocycles. The number of para-hydroxylation sites is 2. The maximum Gasteiger partial charge on any atom is 0.211 e. The van der Waals surface area contributed by atoms with Gasteiger partial charge in [-0.25, -0.2) is 4.98 Å². The molecule has 0 aliphatic carbocycles. The number of benzene rings is 2. The lowest BCUT2D eigenvalue weighted by atomic mass is 10.00. The molecule has 4 nitrogen and oxygen atoms in total. The molecule has 0 spiro atoms. The highest BCUT2D eigenvalue weighted by Crippen LogP contribution is 2.27. The summed E-state index contributed by atoms with van der Waals surface area (Å²) in [6.07, 6.45) is 0. The Morgan fingerprint density at radius 1 is 1.09 bits per heavy atom. The van der Waals surface area contributed by atoms with Gasteiger partial charge in [-0.05, 0) is 18.2 Å². The monoisotopic (exact) mass is 304 g/mol. The van der Waals surface area contributed by atoms with E-state index in [9.17, 15) is 4.79 Å². The Bertz CT molecular complexity index is 916. The second-order valence-corrected chi connectivity index (χ2v) is 5.12. The number of Topliss-reactive ketones (excluding diaryl/α,β-unsaturated/α-hetero) is 1. The molecular weight excluding hydrogens is 288 g/mol. The smallest absolute Gasteiger partial charge is 0.211 e. The van der Waals surface area contributed by atoms with Crippen molar-refractivity contribution in [3.05, 3.63) is 72.4 Å². The van der Waals surface area contributed by atoms with Crippen molar-refractivity contribution in [1.29, 1.82) is 0 Å². The zero-order chi connectivity index (χ0) is 16.4. The molecule has 23 heavy (non-hydrogen) atoms. The Balaban J connectivity index is 2.03. The standard InChI is InChI=1S/C19H16N2O2/c1-12(14-7-3-4-9-17(14)23-2)19(22)16-11-10-13-6-5-8-15(20)18(13)21-16/h3-11H,1,20H2,2H3. The SMILES string of the molecule is C=C(C(=O)c1ccc2cccc(N)c2n1)c1ccccc1OC. The summed E-state index contributed by atoms with van der Waals surface area (Å²) in [5.41, 5.74) is 8.40. The summed E-state index contributed by atoms with van der Waals surface area (Å²) in [4.78, 5) is 17.1. The number of carbonyl (C=O) groups is 1. The first-order valence-corrected chi connectivity index (χ1v) is 7.14. The third kappa shape index (κ3) is 2.66. The second kappa shape index (κ2) is 5.93. The van der Waals surface area contributed by atoms with Crippen molar-refractivity contribution in [2.45, 2.75) is 0 Å². The lowest BCUT2D eigenvalue weighted by Crippen LogP contribution is -2.06. The molecule has 0 aliphatic rings. The van der Waals surface area contributed by atoms with Gasteiger partial charge in [-0.1, -0.05) is 43.0 Å². The van der Waals surface area contributed by atoms with Crippen LogP contribution in [0.25, 0.3) is 16.5 Å². The van der Waals surface area contributed by atoms with Gasteiger partial charge < -0.3 is 10.5 Å². The average Bonchev–Trinajstić information content (AvgIpc) is 2.60. The first kappa shape index (κ1) is 14.8. The highest BCUT2D eigenvalue weighted by atomic mass is 16.5. The highest BCUT2D eigenvalue weighted by molar-refractivity contribution is 6.28. The zero-order valence-corrected chi connectivity index (χ0v) is 12.7. The van der Waals surface area contributed by atoms with Crippen molar-refractivity contribution in [2.75, 3.05) is 12.8 Å². The normalized spacial score (nSPS) is 10.5. The predicted octanol–water partition coefficient (Wildman–Crippen LogP) is 3.72. The van der Waals surface area contributed by atoms with Crippen molar-refractivity contribution in [3.8, 4) is 5.75 Å². The number of hydrogen-bond acceptors (Lipinski definition) is 4. The Labute approximate surface area is 134 Å². The second-order valence-electron chi connectivity index (χ2n) is 5.12. The number of fused-ring (bicyclic) bond motifs is 1. The molecule has 0 saturated heterocycles. The summed E-state index contributed by atoms with van der Waals surface area (Å²) < 4.78 is 5.29. The third-order valence-corrected chi connectivity index (χ3v) is 3.69. The number of allylic oxidation sites excluding steroid dienone is 1. The summed E-state index contributed by atoms with van der Waals surface area (Å²) in [7, 11) is 1.56. The van der Waals surface area contributed by atoms with E-state index in [1.54, 1.807) is 31.4 Å². The fraction of sp³-hybridized carbons (Fsp3) is 0.0526. The number of carbonyl (C=O) groups excluding carboxylic acids is 1. The molecule has 0 fully saturated rings. The van der Waals surface area contributed by atoms with E-state index in [1.165, 1.54) is 0 Å². The summed E-state index contributed by atoms with van der Waals surface area (Å²) in [5.74, 6) is 0.353. The largest absolute Gasteiger partial charge is 0.496 e. The number of hydrogen-bond donors (Lipinski definition) is 1. The minimum absolute atomic E-state index is 0.250. The van der Waals surface area contributed by atoms with E-state index in [2.05, 4.69) is 11.6 Å². The van der Waals surface area contributed by atoms with E-state index in [0.29, 0.717) is 33.8 Å². The van der Waals surface area contributed by atoms with Gasteiger partial charge in [0.15, 0.2) is 0 Å². The topological polar surface area (TPSA) is 65.2 Å². The number of methoxy groups -OCH3 is 1. The van der Waals surface area contributed by atoms with E-state index in [4.69, 9.17) is 10.5 Å². The molecule has 4 heteroatoms. The molecule has 0 aliphatic heterocycles. The molecule has 2 N–H and O–H groups in total.